The third-order valence-electron chi connectivity index (χ3n) is 4.75. The summed E-state index contributed by atoms with van der Waals surface area (Å²) < 4.78 is 41.0. The van der Waals surface area contributed by atoms with Gasteiger partial charge in [-0.1, -0.05) is 0 Å². The molecule has 0 aliphatic carbocycles. The van der Waals surface area contributed by atoms with Crippen LogP contribution in [0.4, 0.5) is 0 Å². The average Bonchev–Trinajstić information content (AvgIpc) is 2.65. The van der Waals surface area contributed by atoms with E-state index in [2.05, 4.69) is 10.0 Å². The lowest BCUT2D eigenvalue weighted by Crippen LogP contribution is -2.67. The van der Waals surface area contributed by atoms with Gasteiger partial charge in [0.1, 0.15) is 48.8 Å². The number of sulfonamides is 1. The predicted molar refractivity (Wildman–Crippen MR) is 96.0 cm³/mol. The lowest BCUT2D eigenvalue weighted by atomic mass is 9.95. The van der Waals surface area contributed by atoms with Crippen LogP contribution in [0, 0.1) is 0 Å². The zero-order valence-electron chi connectivity index (χ0n) is 16.2. The Morgan fingerprint density at radius 2 is 1.63 bits per heavy atom. The first-order valence-corrected chi connectivity index (χ1v) is 10.9. The Bertz CT molecular complexity index is 691. The standard InChI is InChI=1S/C15H28N2O12S/c1-5(19)17-8-10(21)13(6(27-14(8)24)3-16-30(2,25)26)29-15-12(23)11(22)9(20)7(4-18)28-15/h6-16,18,20-24H,3-4H2,1-2H3,(H,17,19)/t6-,7-,8-,9-,10+,11-,12-,13+,14+,15-/m0/s1. The van der Waals surface area contributed by atoms with E-state index in [-0.39, 0.29) is 0 Å². The van der Waals surface area contributed by atoms with Crippen LogP contribution in [0.5, 0.6) is 0 Å². The molecule has 0 unspecified atom stereocenters. The summed E-state index contributed by atoms with van der Waals surface area (Å²) in [7, 11) is -3.69. The van der Waals surface area contributed by atoms with Gasteiger partial charge in [-0.2, -0.15) is 0 Å². The molecule has 30 heavy (non-hydrogen) atoms. The Hall–Kier alpha value is -0.980. The number of hydrogen-bond donors (Lipinski definition) is 8. The van der Waals surface area contributed by atoms with Crippen LogP contribution in [0.15, 0.2) is 0 Å². The summed E-state index contributed by atoms with van der Waals surface area (Å²) in [6.07, 6.45) is -13.4. The molecule has 10 atom stereocenters. The number of nitrogens with one attached hydrogen (secondary N) is 2. The minimum absolute atomic E-state index is 0.457. The molecule has 0 radical (unpaired) electrons. The minimum atomic E-state index is -3.69. The highest BCUT2D eigenvalue weighted by Gasteiger charge is 2.50. The van der Waals surface area contributed by atoms with Gasteiger partial charge in [0.25, 0.3) is 0 Å². The maximum Gasteiger partial charge on any atom is 0.217 e. The van der Waals surface area contributed by atoms with Gasteiger partial charge >= 0.3 is 0 Å². The molecule has 176 valence electrons. The summed E-state index contributed by atoms with van der Waals surface area (Å²) in [6, 6.07) is -1.37. The van der Waals surface area contributed by atoms with E-state index in [1.165, 1.54) is 0 Å². The first-order valence-electron chi connectivity index (χ1n) is 9.05. The number of amides is 1. The average molecular weight is 460 g/mol. The van der Waals surface area contributed by atoms with Crippen molar-refractivity contribution in [2.24, 2.45) is 0 Å². The second-order valence-corrected chi connectivity index (χ2v) is 9.03. The van der Waals surface area contributed by atoms with Gasteiger partial charge in [0, 0.05) is 13.5 Å². The molecule has 2 heterocycles. The van der Waals surface area contributed by atoms with Crippen LogP contribution in [0.2, 0.25) is 0 Å². The van der Waals surface area contributed by atoms with Crippen LogP contribution in [-0.4, -0.2) is 126 Å². The van der Waals surface area contributed by atoms with Gasteiger partial charge in [0.2, 0.25) is 15.9 Å². The van der Waals surface area contributed by atoms with Gasteiger partial charge in [0.05, 0.1) is 12.9 Å². The molecule has 8 N–H and O–H groups in total. The van der Waals surface area contributed by atoms with E-state index < -0.39 is 90.4 Å². The molecular weight excluding hydrogens is 432 g/mol. The highest BCUT2D eigenvalue weighted by molar-refractivity contribution is 7.88. The molecule has 2 aliphatic rings. The molecule has 0 spiro atoms. The van der Waals surface area contributed by atoms with E-state index in [1.54, 1.807) is 0 Å². The number of aliphatic hydroxyl groups excluding tert-OH is 6. The number of ether oxygens (including phenoxy) is 3. The maximum absolute atomic E-state index is 11.4. The number of carbonyl (C=O) groups is 1. The van der Waals surface area contributed by atoms with Gasteiger partial charge in [-0.05, 0) is 0 Å². The molecule has 0 aromatic heterocycles. The second kappa shape index (κ2) is 10.1. The fraction of sp³-hybridized carbons (Fsp3) is 0.933. The molecule has 2 fully saturated rings. The van der Waals surface area contributed by atoms with Gasteiger partial charge in [-0.3, -0.25) is 4.79 Å². The van der Waals surface area contributed by atoms with Crippen molar-refractivity contribution in [3.8, 4) is 0 Å². The summed E-state index contributed by atoms with van der Waals surface area (Å²) in [5, 5.41) is 62.2. The van der Waals surface area contributed by atoms with Crippen LogP contribution in [0.1, 0.15) is 6.92 Å². The Labute approximate surface area is 172 Å². The van der Waals surface area contributed by atoms with E-state index in [0.717, 1.165) is 13.2 Å². The molecule has 1 amide bonds. The first kappa shape index (κ1) is 25.3. The van der Waals surface area contributed by atoms with Crippen molar-refractivity contribution in [2.45, 2.75) is 68.3 Å². The largest absolute Gasteiger partial charge is 0.394 e. The van der Waals surface area contributed by atoms with Crippen LogP contribution < -0.4 is 10.0 Å². The number of aliphatic hydroxyl groups is 6. The Kier molecular flexibility index (Phi) is 8.51. The van der Waals surface area contributed by atoms with Crippen molar-refractivity contribution in [2.75, 3.05) is 19.4 Å². The second-order valence-electron chi connectivity index (χ2n) is 7.20. The van der Waals surface area contributed by atoms with E-state index in [0.29, 0.717) is 0 Å². The fourth-order valence-electron chi connectivity index (χ4n) is 3.23. The lowest BCUT2D eigenvalue weighted by Gasteiger charge is -2.46. The zero-order valence-corrected chi connectivity index (χ0v) is 17.0. The zero-order chi connectivity index (χ0) is 22.8. The van der Waals surface area contributed by atoms with E-state index in [9.17, 15) is 43.9 Å². The summed E-state index contributed by atoms with van der Waals surface area (Å²) in [5.74, 6) is -0.610. The fourth-order valence-corrected chi connectivity index (χ4v) is 3.69. The van der Waals surface area contributed by atoms with Gasteiger partial charge in [0.15, 0.2) is 12.6 Å². The van der Waals surface area contributed by atoms with Crippen molar-refractivity contribution < 1.29 is 58.1 Å². The van der Waals surface area contributed by atoms with Gasteiger partial charge in [-0.15, -0.1) is 0 Å². The summed E-state index contributed by atoms with van der Waals surface area (Å²) in [5.41, 5.74) is 0. The summed E-state index contributed by atoms with van der Waals surface area (Å²) >= 11 is 0. The Morgan fingerprint density at radius 3 is 2.17 bits per heavy atom. The van der Waals surface area contributed by atoms with E-state index >= 15 is 0 Å². The van der Waals surface area contributed by atoms with Crippen LogP contribution in [-0.2, 0) is 29.0 Å². The molecule has 0 saturated carbocycles. The summed E-state index contributed by atoms with van der Waals surface area (Å²) in [6.45, 7) is -0.0488. The normalized spacial score (nSPS) is 42.7. The van der Waals surface area contributed by atoms with E-state index in [1.807, 2.05) is 0 Å². The van der Waals surface area contributed by atoms with Crippen LogP contribution in [0.25, 0.3) is 0 Å². The molecule has 0 bridgehead atoms. The molecule has 2 saturated heterocycles. The van der Waals surface area contributed by atoms with Crippen LogP contribution in [0.3, 0.4) is 0 Å². The summed E-state index contributed by atoms with van der Waals surface area (Å²) in [4.78, 5) is 11.4. The third-order valence-corrected chi connectivity index (χ3v) is 5.44. The van der Waals surface area contributed by atoms with Crippen molar-refractivity contribution in [1.82, 2.24) is 10.0 Å². The Morgan fingerprint density at radius 1 is 1.00 bits per heavy atom. The number of rotatable bonds is 7. The monoisotopic (exact) mass is 460 g/mol. The van der Waals surface area contributed by atoms with Crippen LogP contribution >= 0.6 is 0 Å². The molecule has 0 aromatic rings. The molecular formula is C15H28N2O12S. The highest BCUT2D eigenvalue weighted by Crippen LogP contribution is 2.28. The molecule has 14 nitrogen and oxygen atoms in total. The highest BCUT2D eigenvalue weighted by atomic mass is 32.2. The predicted octanol–water partition coefficient (Wildman–Crippen LogP) is -5.70. The molecule has 0 aromatic carbocycles. The van der Waals surface area contributed by atoms with Gasteiger partial charge < -0.3 is 50.2 Å². The minimum Gasteiger partial charge on any atom is -0.394 e. The maximum atomic E-state index is 11.4. The number of hydrogen-bond acceptors (Lipinski definition) is 12. The first-order chi connectivity index (χ1) is 13.9. The number of carbonyl (C=O) groups excluding carboxylic acids is 1. The van der Waals surface area contributed by atoms with Crippen molar-refractivity contribution in [3.63, 3.8) is 0 Å². The third kappa shape index (κ3) is 6.04. The molecule has 15 heteroatoms. The molecule has 2 rings (SSSR count). The van der Waals surface area contributed by atoms with Crippen molar-refractivity contribution >= 4 is 15.9 Å². The van der Waals surface area contributed by atoms with E-state index in [4.69, 9.17) is 14.2 Å². The quantitative estimate of drug-likeness (QED) is 0.178. The van der Waals surface area contributed by atoms with Crippen molar-refractivity contribution in [1.29, 1.82) is 0 Å². The van der Waals surface area contributed by atoms with Gasteiger partial charge in [-0.25, -0.2) is 13.1 Å². The molecule has 2 aliphatic heterocycles. The lowest BCUT2D eigenvalue weighted by molar-refractivity contribution is -0.342. The SMILES string of the molecule is CC(=O)N[C@H]1[C@@H](O)[C@H](O[C@@H]2O[C@@H](CO)[C@H](O)[C@H](O)[C@@H]2O)[C@H](CNS(C)(=O)=O)O[C@H]1O. The Balaban J connectivity index is 2.25. The smallest absolute Gasteiger partial charge is 0.217 e. The van der Waals surface area contributed by atoms with Crippen molar-refractivity contribution in [3.05, 3.63) is 0 Å². The topological polar surface area (TPSA) is 224 Å².